The summed E-state index contributed by atoms with van der Waals surface area (Å²) in [7, 11) is 0. The molecule has 0 radical (unpaired) electrons. The van der Waals surface area contributed by atoms with Crippen LogP contribution in [0.15, 0.2) is 0 Å². The largest absolute Gasteiger partial charge is 0.466 e. The summed E-state index contributed by atoms with van der Waals surface area (Å²) in [5, 5.41) is 2.88. The van der Waals surface area contributed by atoms with E-state index >= 15 is 0 Å². The van der Waals surface area contributed by atoms with Crippen LogP contribution in [-0.2, 0) is 14.3 Å². The molecule has 3 atom stereocenters. The minimum Gasteiger partial charge on any atom is -0.466 e. The highest BCUT2D eigenvalue weighted by Crippen LogP contribution is 2.46. The molecule has 5 heteroatoms. The van der Waals surface area contributed by atoms with Crippen LogP contribution in [0.5, 0.6) is 0 Å². The Hall–Kier alpha value is -1.26. The molecule has 1 aliphatic carbocycles. The Kier molecular flexibility index (Phi) is 5.65. The maximum Gasteiger partial charge on any atom is 0.407 e. The smallest absolute Gasteiger partial charge is 0.407 e. The Balaban J connectivity index is 2.68. The molecule has 1 saturated carbocycles. The SMILES string of the molecule is CCOC(=O)[C@H]1C[C@@H](NC(=O)OC(C)(C)C)C[C@]1(C)CC. The normalized spacial score (nSPS) is 29.0. The lowest BCUT2D eigenvalue weighted by molar-refractivity contribution is -0.151. The summed E-state index contributed by atoms with van der Waals surface area (Å²) in [5.41, 5.74) is -0.650. The molecular weight excluding hydrogens is 270 g/mol. The van der Waals surface area contributed by atoms with Crippen LogP contribution in [0.1, 0.15) is 60.8 Å². The first-order chi connectivity index (χ1) is 9.61. The summed E-state index contributed by atoms with van der Waals surface area (Å²) >= 11 is 0. The number of rotatable bonds is 4. The van der Waals surface area contributed by atoms with Crippen molar-refractivity contribution in [3.8, 4) is 0 Å². The predicted molar refractivity (Wildman–Crippen MR) is 80.9 cm³/mol. The van der Waals surface area contributed by atoms with E-state index in [-0.39, 0.29) is 23.3 Å². The van der Waals surface area contributed by atoms with Gasteiger partial charge >= 0.3 is 12.1 Å². The number of esters is 1. The van der Waals surface area contributed by atoms with Crippen molar-refractivity contribution >= 4 is 12.1 Å². The van der Waals surface area contributed by atoms with Crippen LogP contribution >= 0.6 is 0 Å². The minimum atomic E-state index is -0.517. The van der Waals surface area contributed by atoms with Crippen molar-refractivity contribution in [1.82, 2.24) is 5.32 Å². The van der Waals surface area contributed by atoms with Crippen molar-refractivity contribution in [2.24, 2.45) is 11.3 Å². The Labute approximate surface area is 127 Å². The second-order valence-electron chi connectivity index (χ2n) is 7.10. The Morgan fingerprint density at radius 1 is 1.29 bits per heavy atom. The standard InChI is InChI=1S/C16H29NO4/c1-7-16(6)10-11(9-12(16)13(18)20-8-2)17-14(19)21-15(3,4)5/h11-12H,7-10H2,1-6H3,(H,17,19)/t11-,12-,16+/m1/s1. The predicted octanol–water partition coefficient (Wildman–Crippen LogP) is 3.27. The number of nitrogens with one attached hydrogen (secondary N) is 1. The van der Waals surface area contributed by atoms with Gasteiger partial charge in [0.15, 0.2) is 0 Å². The van der Waals surface area contributed by atoms with Gasteiger partial charge in [-0.05, 0) is 52.4 Å². The quantitative estimate of drug-likeness (QED) is 0.809. The Bertz CT molecular complexity index is 388. The lowest BCUT2D eigenvalue weighted by atomic mass is 9.77. The molecule has 0 heterocycles. The fourth-order valence-electron chi connectivity index (χ4n) is 2.96. The molecule has 1 fully saturated rings. The van der Waals surface area contributed by atoms with Gasteiger partial charge in [-0.3, -0.25) is 4.79 Å². The third kappa shape index (κ3) is 4.90. The van der Waals surface area contributed by atoms with Crippen molar-refractivity contribution in [1.29, 1.82) is 0 Å². The van der Waals surface area contributed by atoms with Gasteiger partial charge in [0.2, 0.25) is 0 Å². The zero-order valence-corrected chi connectivity index (χ0v) is 14.1. The molecular formula is C16H29NO4. The molecule has 0 bridgehead atoms. The zero-order valence-electron chi connectivity index (χ0n) is 14.1. The van der Waals surface area contributed by atoms with Crippen molar-refractivity contribution in [3.63, 3.8) is 0 Å². The van der Waals surface area contributed by atoms with Crippen LogP contribution in [0.2, 0.25) is 0 Å². The second kappa shape index (κ2) is 6.67. The third-order valence-electron chi connectivity index (χ3n) is 4.17. The van der Waals surface area contributed by atoms with Crippen LogP contribution in [0, 0.1) is 11.3 Å². The molecule has 0 aromatic carbocycles. The number of alkyl carbamates (subject to hydrolysis) is 1. The van der Waals surface area contributed by atoms with E-state index in [1.54, 1.807) is 0 Å². The maximum atomic E-state index is 12.1. The van der Waals surface area contributed by atoms with Crippen molar-refractivity contribution < 1.29 is 19.1 Å². The summed E-state index contributed by atoms with van der Waals surface area (Å²) in [4.78, 5) is 24.0. The summed E-state index contributed by atoms with van der Waals surface area (Å²) < 4.78 is 10.5. The molecule has 122 valence electrons. The first-order valence-corrected chi connectivity index (χ1v) is 7.77. The van der Waals surface area contributed by atoms with Gasteiger partial charge in [0, 0.05) is 6.04 Å². The van der Waals surface area contributed by atoms with Gasteiger partial charge in [-0.2, -0.15) is 0 Å². The van der Waals surface area contributed by atoms with E-state index in [4.69, 9.17) is 9.47 Å². The molecule has 0 spiro atoms. The zero-order chi connectivity index (χ0) is 16.3. The van der Waals surface area contributed by atoms with E-state index < -0.39 is 11.7 Å². The van der Waals surface area contributed by atoms with Crippen molar-refractivity contribution in [2.75, 3.05) is 6.61 Å². The molecule has 1 N–H and O–H groups in total. The highest BCUT2D eigenvalue weighted by Gasteiger charge is 2.47. The van der Waals surface area contributed by atoms with E-state index in [1.165, 1.54) is 0 Å². The minimum absolute atomic E-state index is 0.0424. The van der Waals surface area contributed by atoms with E-state index in [0.29, 0.717) is 13.0 Å². The van der Waals surface area contributed by atoms with Gasteiger partial charge in [-0.1, -0.05) is 13.8 Å². The molecule has 1 rings (SSSR count). The molecule has 0 aromatic heterocycles. The molecule has 21 heavy (non-hydrogen) atoms. The average Bonchev–Trinajstić information content (AvgIpc) is 2.65. The summed E-state index contributed by atoms with van der Waals surface area (Å²) in [6.45, 7) is 11.9. The Morgan fingerprint density at radius 3 is 2.38 bits per heavy atom. The van der Waals surface area contributed by atoms with E-state index in [2.05, 4.69) is 19.2 Å². The van der Waals surface area contributed by atoms with Gasteiger partial charge in [-0.25, -0.2) is 4.79 Å². The first kappa shape index (κ1) is 17.8. The van der Waals surface area contributed by atoms with Gasteiger partial charge in [0.1, 0.15) is 5.60 Å². The van der Waals surface area contributed by atoms with Crippen LogP contribution < -0.4 is 5.32 Å². The van der Waals surface area contributed by atoms with Crippen LogP contribution in [0.25, 0.3) is 0 Å². The number of amides is 1. The van der Waals surface area contributed by atoms with Gasteiger partial charge in [0.05, 0.1) is 12.5 Å². The topological polar surface area (TPSA) is 64.6 Å². The lowest BCUT2D eigenvalue weighted by Gasteiger charge is -2.28. The number of hydrogen-bond acceptors (Lipinski definition) is 4. The van der Waals surface area contributed by atoms with Crippen LogP contribution in [0.4, 0.5) is 4.79 Å². The van der Waals surface area contributed by atoms with E-state index in [0.717, 1.165) is 12.8 Å². The number of carbonyl (C=O) groups excluding carboxylic acids is 2. The molecule has 0 unspecified atom stereocenters. The fourth-order valence-corrected chi connectivity index (χ4v) is 2.96. The van der Waals surface area contributed by atoms with Crippen LogP contribution in [0.3, 0.4) is 0 Å². The fraction of sp³-hybridized carbons (Fsp3) is 0.875. The lowest BCUT2D eigenvalue weighted by Crippen LogP contribution is -2.38. The molecule has 0 saturated heterocycles. The van der Waals surface area contributed by atoms with Crippen molar-refractivity contribution in [2.45, 2.75) is 72.4 Å². The number of carbonyl (C=O) groups is 2. The second-order valence-corrected chi connectivity index (χ2v) is 7.10. The molecule has 0 aliphatic heterocycles. The first-order valence-electron chi connectivity index (χ1n) is 7.77. The Morgan fingerprint density at radius 2 is 1.90 bits per heavy atom. The monoisotopic (exact) mass is 299 g/mol. The molecule has 5 nitrogen and oxygen atoms in total. The highest BCUT2D eigenvalue weighted by molar-refractivity contribution is 5.74. The van der Waals surface area contributed by atoms with Crippen molar-refractivity contribution in [3.05, 3.63) is 0 Å². The highest BCUT2D eigenvalue weighted by atomic mass is 16.6. The molecule has 1 amide bonds. The third-order valence-corrected chi connectivity index (χ3v) is 4.17. The average molecular weight is 299 g/mol. The van der Waals surface area contributed by atoms with Gasteiger partial charge < -0.3 is 14.8 Å². The maximum absolute atomic E-state index is 12.1. The molecule has 1 aliphatic rings. The van der Waals surface area contributed by atoms with Gasteiger partial charge in [-0.15, -0.1) is 0 Å². The summed E-state index contributed by atoms with van der Waals surface area (Å²) in [5.74, 6) is -0.322. The molecule has 0 aromatic rings. The number of hydrogen-bond donors (Lipinski definition) is 1. The summed E-state index contributed by atoms with van der Waals surface area (Å²) in [6, 6.07) is -0.0424. The van der Waals surface area contributed by atoms with Gasteiger partial charge in [0.25, 0.3) is 0 Å². The van der Waals surface area contributed by atoms with Crippen LogP contribution in [-0.4, -0.2) is 30.3 Å². The number of ether oxygens (including phenoxy) is 2. The van der Waals surface area contributed by atoms with E-state index in [9.17, 15) is 9.59 Å². The van der Waals surface area contributed by atoms with E-state index in [1.807, 2.05) is 27.7 Å². The summed E-state index contributed by atoms with van der Waals surface area (Å²) in [6.07, 6.45) is 1.84.